The Morgan fingerprint density at radius 2 is 1.59 bits per heavy atom. The molecule has 5 nitrogen and oxygen atoms in total. The molecule has 0 aliphatic rings. The largest absolute Gasteiger partial charge is 0.457 e. The molecule has 0 radical (unpaired) electrons. The molecule has 0 heterocycles. The average Bonchev–Trinajstić information content (AvgIpc) is 2.79. The van der Waals surface area contributed by atoms with Crippen LogP contribution in [0.3, 0.4) is 0 Å². The predicted octanol–water partition coefficient (Wildman–Crippen LogP) is 7.31. The van der Waals surface area contributed by atoms with Gasteiger partial charge in [0, 0.05) is 10.0 Å². The molecule has 182 valence electrons. The van der Waals surface area contributed by atoms with Crippen LogP contribution >= 0.6 is 23.5 Å². The van der Waals surface area contributed by atoms with Crippen molar-refractivity contribution < 1.29 is 32.6 Å². The lowest BCUT2D eigenvalue weighted by Crippen LogP contribution is -2.17. The quantitative estimate of drug-likeness (QED) is 0.257. The molecular formula is C25H26BrF2O5P. The van der Waals surface area contributed by atoms with Gasteiger partial charge in [-0.05, 0) is 81.4 Å². The lowest BCUT2D eigenvalue weighted by molar-refractivity contribution is 0.0554. The summed E-state index contributed by atoms with van der Waals surface area (Å²) >= 11 is 3.17. The van der Waals surface area contributed by atoms with Gasteiger partial charge >= 0.3 is 13.3 Å². The van der Waals surface area contributed by atoms with Crippen LogP contribution in [-0.2, 0) is 41.0 Å². The van der Waals surface area contributed by atoms with Crippen molar-refractivity contribution in [3.8, 4) is 11.5 Å². The molecule has 0 saturated carbocycles. The fraction of sp³-hybridized carbons (Fsp3) is 0.280. The average molecular weight is 555 g/mol. The minimum absolute atomic E-state index is 0.00242. The highest BCUT2D eigenvalue weighted by atomic mass is 79.9. The van der Waals surface area contributed by atoms with E-state index in [-0.39, 0.29) is 17.7 Å². The number of hydrogen-bond donors (Lipinski definition) is 2. The first kappa shape index (κ1) is 26.5. The summed E-state index contributed by atoms with van der Waals surface area (Å²) in [7, 11) is -5.69. The Morgan fingerprint density at radius 3 is 2.21 bits per heavy atom. The zero-order valence-corrected chi connectivity index (χ0v) is 21.3. The van der Waals surface area contributed by atoms with Crippen LogP contribution in [0.2, 0.25) is 0 Å². The number of alkyl halides is 2. The van der Waals surface area contributed by atoms with Gasteiger partial charge in [-0.25, -0.2) is 0 Å². The highest BCUT2D eigenvalue weighted by molar-refractivity contribution is 9.10. The summed E-state index contributed by atoms with van der Waals surface area (Å²) in [6, 6.07) is 18.0. The third-order valence-electron chi connectivity index (χ3n) is 5.39. The third-order valence-corrected chi connectivity index (χ3v) is 7.27. The molecule has 3 rings (SSSR count). The minimum Gasteiger partial charge on any atom is -0.457 e. The molecule has 3 aromatic rings. The molecule has 3 aromatic carbocycles. The van der Waals surface area contributed by atoms with E-state index in [9.17, 15) is 23.1 Å². The molecule has 0 bridgehead atoms. The monoisotopic (exact) mass is 554 g/mol. The Balaban J connectivity index is 1.80. The van der Waals surface area contributed by atoms with E-state index in [0.717, 1.165) is 22.9 Å². The number of benzene rings is 3. The molecular weight excluding hydrogens is 529 g/mol. The van der Waals surface area contributed by atoms with Gasteiger partial charge in [0.15, 0.2) is 0 Å². The number of ether oxygens (including phenoxy) is 2. The summed E-state index contributed by atoms with van der Waals surface area (Å²) in [5, 5.41) is 0. The topological polar surface area (TPSA) is 76.0 Å². The van der Waals surface area contributed by atoms with Gasteiger partial charge in [-0.2, -0.15) is 8.78 Å². The maximum absolute atomic E-state index is 14.5. The highest BCUT2D eigenvalue weighted by Crippen LogP contribution is 2.61. The van der Waals surface area contributed by atoms with Crippen molar-refractivity contribution in [2.24, 2.45) is 0 Å². The fourth-order valence-electron chi connectivity index (χ4n) is 3.65. The number of rotatable bonds is 10. The van der Waals surface area contributed by atoms with Gasteiger partial charge in [0.25, 0.3) is 0 Å². The fourth-order valence-corrected chi connectivity index (χ4v) is 5.17. The van der Waals surface area contributed by atoms with Crippen LogP contribution in [0.15, 0.2) is 65.1 Å². The van der Waals surface area contributed by atoms with Gasteiger partial charge in [0.05, 0.1) is 13.2 Å². The van der Waals surface area contributed by atoms with Crippen molar-refractivity contribution in [1.82, 2.24) is 0 Å². The molecule has 0 amide bonds. The molecule has 0 aromatic heterocycles. The summed E-state index contributed by atoms with van der Waals surface area (Å²) in [5.41, 5.74) is -2.28. The first-order valence-electron chi connectivity index (χ1n) is 10.7. The van der Waals surface area contributed by atoms with E-state index < -0.39 is 18.8 Å². The van der Waals surface area contributed by atoms with Crippen LogP contribution < -0.4 is 4.74 Å². The van der Waals surface area contributed by atoms with Crippen LogP contribution in [0.4, 0.5) is 8.78 Å². The van der Waals surface area contributed by atoms with Gasteiger partial charge in [0.2, 0.25) is 0 Å². The van der Waals surface area contributed by atoms with Gasteiger partial charge in [-0.3, -0.25) is 4.57 Å². The summed E-state index contributed by atoms with van der Waals surface area (Å²) in [5.74, 6) is 1.39. The van der Waals surface area contributed by atoms with E-state index in [1.54, 1.807) is 13.8 Å². The van der Waals surface area contributed by atoms with E-state index in [2.05, 4.69) is 15.9 Å². The van der Waals surface area contributed by atoms with Crippen molar-refractivity contribution in [3.63, 3.8) is 0 Å². The summed E-state index contributed by atoms with van der Waals surface area (Å²) in [6.45, 7) is 4.04. The molecule has 0 atom stereocenters. The van der Waals surface area contributed by atoms with E-state index >= 15 is 0 Å². The summed E-state index contributed by atoms with van der Waals surface area (Å²) < 4.78 is 52.3. The Labute approximate surface area is 206 Å². The van der Waals surface area contributed by atoms with Crippen molar-refractivity contribution in [2.75, 3.05) is 0 Å². The van der Waals surface area contributed by atoms with Gasteiger partial charge in [-0.15, -0.1) is 0 Å². The van der Waals surface area contributed by atoms with Gasteiger partial charge in [0.1, 0.15) is 11.5 Å². The second-order valence-electron chi connectivity index (χ2n) is 7.70. The zero-order valence-electron chi connectivity index (χ0n) is 18.8. The molecule has 34 heavy (non-hydrogen) atoms. The molecule has 0 aliphatic carbocycles. The Bertz CT molecular complexity index is 1180. The van der Waals surface area contributed by atoms with E-state index in [1.165, 1.54) is 0 Å². The lowest BCUT2D eigenvalue weighted by atomic mass is 9.95. The Kier molecular flexibility index (Phi) is 8.66. The first-order valence-corrected chi connectivity index (χ1v) is 13.2. The molecule has 0 fully saturated rings. The van der Waals surface area contributed by atoms with Crippen LogP contribution in [0.25, 0.3) is 0 Å². The summed E-state index contributed by atoms with van der Waals surface area (Å²) in [6.07, 6.45) is 0.793. The minimum atomic E-state index is -5.69. The zero-order chi connectivity index (χ0) is 24.9. The SMILES string of the molecule is CCc1cc(C(F)(F)P(=O)(O)O)c(Br)c(CC)c1COCc1cccc(Oc2ccccc2)c1. The third kappa shape index (κ3) is 5.93. The van der Waals surface area contributed by atoms with Crippen molar-refractivity contribution in [2.45, 2.75) is 45.6 Å². The van der Waals surface area contributed by atoms with Gasteiger partial charge in [-0.1, -0.05) is 44.2 Å². The smallest absolute Gasteiger partial charge is 0.399 e. The molecule has 9 heteroatoms. The number of aryl methyl sites for hydroxylation is 1. The Hall–Kier alpha value is -2.09. The maximum Gasteiger partial charge on any atom is 0.399 e. The second-order valence-corrected chi connectivity index (χ2v) is 10.1. The van der Waals surface area contributed by atoms with Crippen LogP contribution in [0.1, 0.15) is 41.7 Å². The van der Waals surface area contributed by atoms with E-state index in [0.29, 0.717) is 29.7 Å². The summed E-state index contributed by atoms with van der Waals surface area (Å²) in [4.78, 5) is 18.4. The van der Waals surface area contributed by atoms with E-state index in [4.69, 9.17) is 9.47 Å². The highest BCUT2D eigenvalue weighted by Gasteiger charge is 2.52. The first-order chi connectivity index (χ1) is 16.1. The normalized spacial score (nSPS) is 12.1. The van der Waals surface area contributed by atoms with Crippen molar-refractivity contribution in [3.05, 3.63) is 93.0 Å². The predicted molar refractivity (Wildman–Crippen MR) is 130 cm³/mol. The standard InChI is InChI=1S/C25H26BrF2O5P/c1-3-18-14-23(25(27,28)34(29,30)31)24(26)21(4-2)22(18)16-32-15-17-9-8-12-20(13-17)33-19-10-6-5-7-11-19/h5-14H,3-4,15-16H2,1-2H3,(H2,29,30,31). The molecule has 0 aliphatic heterocycles. The van der Waals surface area contributed by atoms with Gasteiger partial charge < -0.3 is 19.3 Å². The van der Waals surface area contributed by atoms with Crippen LogP contribution in [0.5, 0.6) is 11.5 Å². The van der Waals surface area contributed by atoms with Crippen LogP contribution in [0, 0.1) is 0 Å². The second kappa shape index (κ2) is 11.1. The molecule has 0 unspecified atom stereocenters. The number of halogens is 3. The maximum atomic E-state index is 14.5. The van der Waals surface area contributed by atoms with E-state index in [1.807, 2.05) is 54.6 Å². The molecule has 0 saturated heterocycles. The van der Waals surface area contributed by atoms with Crippen molar-refractivity contribution in [1.29, 1.82) is 0 Å². The number of hydrogen-bond acceptors (Lipinski definition) is 3. The molecule has 0 spiro atoms. The van der Waals surface area contributed by atoms with Crippen molar-refractivity contribution >= 4 is 23.5 Å². The Morgan fingerprint density at radius 1 is 0.912 bits per heavy atom. The molecule has 2 N–H and O–H groups in total. The number of para-hydroxylation sites is 1. The lowest BCUT2D eigenvalue weighted by Gasteiger charge is -2.24. The van der Waals surface area contributed by atoms with Crippen LogP contribution in [-0.4, -0.2) is 9.79 Å².